The summed E-state index contributed by atoms with van der Waals surface area (Å²) in [6.45, 7) is 4.37. The van der Waals surface area contributed by atoms with Gasteiger partial charge in [-0.15, -0.1) is 0 Å². The van der Waals surface area contributed by atoms with Gasteiger partial charge in [0.15, 0.2) is 0 Å². The first-order valence-electron chi connectivity index (χ1n) is 6.84. The van der Waals surface area contributed by atoms with E-state index in [4.69, 9.17) is 9.47 Å². The molecular weight excluding hydrogens is 234 g/mol. The molecule has 0 radical (unpaired) electrons. The lowest BCUT2D eigenvalue weighted by Gasteiger charge is -2.38. The maximum Gasteiger partial charge on any atom is 0.223 e. The molecule has 104 valence electrons. The minimum atomic E-state index is -0.158. The van der Waals surface area contributed by atoms with Crippen molar-refractivity contribution in [2.75, 3.05) is 33.0 Å². The number of nitrogens with zero attached hydrogens (tertiary/aromatic N) is 1. The highest BCUT2D eigenvalue weighted by Gasteiger charge is 2.34. The number of hydrogen-bond donors (Lipinski definition) is 1. The topological polar surface area (TPSA) is 59.0 Å². The van der Waals surface area contributed by atoms with Gasteiger partial charge in [-0.25, -0.2) is 0 Å². The van der Waals surface area contributed by atoms with Crippen molar-refractivity contribution in [2.24, 2.45) is 5.92 Å². The standard InChI is InChI=1S/C13H23NO4/c1-2-18-12-5-10(6-12)7-13(16)14-3-4-17-9-11(14)8-15/h10-12,15H,2-9H2,1H3. The highest BCUT2D eigenvalue weighted by molar-refractivity contribution is 5.77. The van der Waals surface area contributed by atoms with E-state index in [1.165, 1.54) is 0 Å². The van der Waals surface area contributed by atoms with Crippen LogP contribution in [-0.4, -0.2) is 61.0 Å². The fourth-order valence-corrected chi connectivity index (χ4v) is 2.71. The summed E-state index contributed by atoms with van der Waals surface area (Å²) in [6, 6.07) is -0.158. The van der Waals surface area contributed by atoms with E-state index in [0.717, 1.165) is 19.4 Å². The van der Waals surface area contributed by atoms with Crippen molar-refractivity contribution < 1.29 is 19.4 Å². The molecule has 1 unspecified atom stereocenters. The van der Waals surface area contributed by atoms with Gasteiger partial charge in [0.25, 0.3) is 0 Å². The minimum Gasteiger partial charge on any atom is -0.394 e. The molecule has 1 saturated carbocycles. The summed E-state index contributed by atoms with van der Waals surface area (Å²) >= 11 is 0. The summed E-state index contributed by atoms with van der Waals surface area (Å²) in [4.78, 5) is 13.9. The molecule has 0 aromatic carbocycles. The van der Waals surface area contributed by atoms with Gasteiger partial charge in [-0.3, -0.25) is 4.79 Å². The SMILES string of the molecule is CCOC1CC(CC(=O)N2CCOCC2CO)C1. The number of ether oxygens (including phenoxy) is 2. The largest absolute Gasteiger partial charge is 0.394 e. The third-order valence-electron chi connectivity index (χ3n) is 3.82. The van der Waals surface area contributed by atoms with Gasteiger partial charge >= 0.3 is 0 Å². The van der Waals surface area contributed by atoms with Gasteiger partial charge in [-0.05, 0) is 25.7 Å². The zero-order valence-electron chi connectivity index (χ0n) is 11.0. The van der Waals surface area contributed by atoms with E-state index in [-0.39, 0.29) is 18.6 Å². The summed E-state index contributed by atoms with van der Waals surface area (Å²) in [5, 5.41) is 9.23. The average molecular weight is 257 g/mol. The smallest absolute Gasteiger partial charge is 0.223 e. The van der Waals surface area contributed by atoms with E-state index in [9.17, 15) is 9.90 Å². The first kappa shape index (κ1) is 13.8. The van der Waals surface area contributed by atoms with Gasteiger partial charge in [-0.2, -0.15) is 0 Å². The van der Waals surface area contributed by atoms with Crippen LogP contribution in [0.2, 0.25) is 0 Å². The van der Waals surface area contributed by atoms with Crippen LogP contribution >= 0.6 is 0 Å². The van der Waals surface area contributed by atoms with Gasteiger partial charge in [0, 0.05) is 19.6 Å². The highest BCUT2D eigenvalue weighted by atomic mass is 16.5. The van der Waals surface area contributed by atoms with Gasteiger partial charge in [0.05, 0.1) is 32.0 Å². The van der Waals surface area contributed by atoms with Crippen LogP contribution in [0.4, 0.5) is 0 Å². The van der Waals surface area contributed by atoms with Crippen LogP contribution in [-0.2, 0) is 14.3 Å². The lowest BCUT2D eigenvalue weighted by atomic mass is 9.79. The van der Waals surface area contributed by atoms with E-state index < -0.39 is 0 Å². The Bertz CT molecular complexity index is 278. The number of rotatable bonds is 5. The normalized spacial score (nSPS) is 32.1. The summed E-state index contributed by atoms with van der Waals surface area (Å²) < 4.78 is 10.8. The van der Waals surface area contributed by atoms with E-state index in [0.29, 0.717) is 38.2 Å². The quantitative estimate of drug-likeness (QED) is 0.775. The Kier molecular flexibility index (Phi) is 4.97. The summed E-state index contributed by atoms with van der Waals surface area (Å²) in [6.07, 6.45) is 2.92. The number of aliphatic hydroxyl groups excluding tert-OH is 1. The monoisotopic (exact) mass is 257 g/mol. The molecule has 18 heavy (non-hydrogen) atoms. The Balaban J connectivity index is 1.74. The number of carbonyl (C=O) groups excluding carboxylic acids is 1. The maximum atomic E-state index is 12.2. The lowest BCUT2D eigenvalue weighted by molar-refractivity contribution is -0.144. The highest BCUT2D eigenvalue weighted by Crippen LogP contribution is 2.33. The van der Waals surface area contributed by atoms with Crippen molar-refractivity contribution in [1.82, 2.24) is 4.90 Å². The lowest BCUT2D eigenvalue weighted by Crippen LogP contribution is -2.51. The van der Waals surface area contributed by atoms with Crippen LogP contribution in [0.5, 0.6) is 0 Å². The predicted molar refractivity (Wildman–Crippen MR) is 66.2 cm³/mol. The molecule has 0 aromatic heterocycles. The molecule has 2 aliphatic rings. The first-order valence-corrected chi connectivity index (χ1v) is 6.84. The zero-order valence-corrected chi connectivity index (χ0v) is 11.0. The van der Waals surface area contributed by atoms with E-state index >= 15 is 0 Å². The Hall–Kier alpha value is -0.650. The molecule has 1 atom stereocenters. The number of amides is 1. The van der Waals surface area contributed by atoms with Gasteiger partial charge in [0.1, 0.15) is 0 Å². The van der Waals surface area contributed by atoms with Crippen LogP contribution in [0.3, 0.4) is 0 Å². The van der Waals surface area contributed by atoms with Crippen LogP contribution in [0.25, 0.3) is 0 Å². The molecule has 1 aliphatic heterocycles. The third-order valence-corrected chi connectivity index (χ3v) is 3.82. The molecule has 5 nitrogen and oxygen atoms in total. The summed E-state index contributed by atoms with van der Waals surface area (Å²) in [7, 11) is 0. The Morgan fingerprint density at radius 1 is 1.50 bits per heavy atom. The van der Waals surface area contributed by atoms with Crippen molar-refractivity contribution in [3.63, 3.8) is 0 Å². The van der Waals surface area contributed by atoms with E-state index in [1.807, 2.05) is 6.92 Å². The van der Waals surface area contributed by atoms with Crippen molar-refractivity contribution in [3.8, 4) is 0 Å². The zero-order chi connectivity index (χ0) is 13.0. The predicted octanol–water partition coefficient (Wildman–Crippen LogP) is 0.411. The molecule has 1 N–H and O–H groups in total. The molecule has 0 spiro atoms. The Morgan fingerprint density at radius 2 is 2.28 bits per heavy atom. The summed E-state index contributed by atoms with van der Waals surface area (Å²) in [5.41, 5.74) is 0. The molecule has 2 rings (SSSR count). The molecular formula is C13H23NO4. The molecule has 5 heteroatoms. The fourth-order valence-electron chi connectivity index (χ4n) is 2.71. The average Bonchev–Trinajstić information content (AvgIpc) is 2.36. The Labute approximate surface area is 108 Å². The van der Waals surface area contributed by atoms with Crippen molar-refractivity contribution in [3.05, 3.63) is 0 Å². The fraction of sp³-hybridized carbons (Fsp3) is 0.923. The molecule has 1 saturated heterocycles. The second kappa shape index (κ2) is 6.50. The summed E-state index contributed by atoms with van der Waals surface area (Å²) in [5.74, 6) is 0.605. The third kappa shape index (κ3) is 3.22. The minimum absolute atomic E-state index is 0.0159. The second-order valence-corrected chi connectivity index (χ2v) is 5.12. The van der Waals surface area contributed by atoms with Crippen molar-refractivity contribution in [1.29, 1.82) is 0 Å². The van der Waals surface area contributed by atoms with Gasteiger partial charge in [-0.1, -0.05) is 0 Å². The molecule has 2 fully saturated rings. The number of morpholine rings is 1. The van der Waals surface area contributed by atoms with Crippen molar-refractivity contribution >= 4 is 5.91 Å². The molecule has 1 heterocycles. The van der Waals surface area contributed by atoms with Crippen LogP contribution in [0, 0.1) is 5.92 Å². The first-order chi connectivity index (χ1) is 8.74. The molecule has 1 amide bonds. The van der Waals surface area contributed by atoms with Crippen molar-refractivity contribution in [2.45, 2.75) is 38.3 Å². The Morgan fingerprint density at radius 3 is 2.94 bits per heavy atom. The number of hydrogen-bond acceptors (Lipinski definition) is 4. The van der Waals surface area contributed by atoms with Gasteiger partial charge in [0.2, 0.25) is 5.91 Å². The number of carbonyl (C=O) groups is 1. The maximum absolute atomic E-state index is 12.2. The van der Waals surface area contributed by atoms with E-state index in [2.05, 4.69) is 0 Å². The molecule has 0 aromatic rings. The van der Waals surface area contributed by atoms with Crippen LogP contribution in [0.15, 0.2) is 0 Å². The number of aliphatic hydroxyl groups is 1. The second-order valence-electron chi connectivity index (χ2n) is 5.12. The van der Waals surface area contributed by atoms with Crippen LogP contribution < -0.4 is 0 Å². The molecule has 0 bridgehead atoms. The van der Waals surface area contributed by atoms with Gasteiger partial charge < -0.3 is 19.5 Å². The molecule has 1 aliphatic carbocycles. The van der Waals surface area contributed by atoms with Crippen LogP contribution in [0.1, 0.15) is 26.2 Å². The van der Waals surface area contributed by atoms with E-state index in [1.54, 1.807) is 4.90 Å².